The van der Waals surface area contributed by atoms with E-state index < -0.39 is 0 Å². The zero-order chi connectivity index (χ0) is 9.90. The molecule has 2 nitrogen and oxygen atoms in total. The van der Waals surface area contributed by atoms with Crippen LogP contribution in [0, 0.1) is 5.41 Å². The lowest BCUT2D eigenvalue weighted by Crippen LogP contribution is -2.51. The van der Waals surface area contributed by atoms with Crippen molar-refractivity contribution in [2.75, 3.05) is 5.75 Å². The predicted molar refractivity (Wildman–Crippen MR) is 60.7 cm³/mol. The lowest BCUT2D eigenvalue weighted by atomic mass is 9.83. The highest BCUT2D eigenvalue weighted by Gasteiger charge is 2.32. The molecule has 1 rings (SSSR count). The molecule has 0 amide bonds. The van der Waals surface area contributed by atoms with E-state index in [1.54, 1.807) is 0 Å². The number of hydrogen-bond donors (Lipinski definition) is 2. The summed E-state index contributed by atoms with van der Waals surface area (Å²) in [4.78, 5) is 0. The highest BCUT2D eigenvalue weighted by atomic mass is 32.2. The van der Waals surface area contributed by atoms with E-state index in [4.69, 9.17) is 5.84 Å². The minimum Gasteiger partial charge on any atom is -0.271 e. The van der Waals surface area contributed by atoms with Gasteiger partial charge in [0.2, 0.25) is 0 Å². The van der Waals surface area contributed by atoms with E-state index in [0.717, 1.165) is 0 Å². The van der Waals surface area contributed by atoms with Gasteiger partial charge in [0.1, 0.15) is 0 Å². The van der Waals surface area contributed by atoms with E-state index in [1.165, 1.54) is 25.0 Å². The molecule has 78 valence electrons. The Balaban J connectivity index is 2.54. The first-order valence-electron chi connectivity index (χ1n) is 5.13. The third-order valence-corrected chi connectivity index (χ3v) is 4.16. The lowest BCUT2D eigenvalue weighted by molar-refractivity contribution is 0.256. The van der Waals surface area contributed by atoms with Crippen molar-refractivity contribution in [2.45, 2.75) is 51.3 Å². The van der Waals surface area contributed by atoms with Crippen LogP contribution in [-0.2, 0) is 0 Å². The van der Waals surface area contributed by atoms with Crippen molar-refractivity contribution < 1.29 is 0 Å². The molecule has 1 heterocycles. The molecule has 0 aromatic heterocycles. The number of thioether (sulfide) groups is 1. The van der Waals surface area contributed by atoms with E-state index in [-0.39, 0.29) is 5.41 Å². The molecule has 0 bridgehead atoms. The fraction of sp³-hybridized carbons (Fsp3) is 1.00. The normalized spacial score (nSPS) is 27.2. The Bertz CT molecular complexity index is 147. The molecule has 13 heavy (non-hydrogen) atoms. The topological polar surface area (TPSA) is 38.0 Å². The minimum atomic E-state index is 0.268. The van der Waals surface area contributed by atoms with Gasteiger partial charge < -0.3 is 0 Å². The molecule has 0 spiro atoms. The van der Waals surface area contributed by atoms with Crippen molar-refractivity contribution in [1.29, 1.82) is 0 Å². The van der Waals surface area contributed by atoms with Crippen LogP contribution in [0.5, 0.6) is 0 Å². The molecular formula is C10H22N2S. The van der Waals surface area contributed by atoms with E-state index >= 15 is 0 Å². The summed E-state index contributed by atoms with van der Waals surface area (Å²) in [5.41, 5.74) is 3.26. The van der Waals surface area contributed by atoms with Crippen LogP contribution in [0.3, 0.4) is 0 Å². The predicted octanol–water partition coefficient (Wildman–Crippen LogP) is 2.15. The Hall–Kier alpha value is 0.270. The molecule has 2 unspecified atom stereocenters. The van der Waals surface area contributed by atoms with Gasteiger partial charge in [0, 0.05) is 11.3 Å². The molecule has 0 radical (unpaired) electrons. The summed E-state index contributed by atoms with van der Waals surface area (Å²) in [7, 11) is 0. The Morgan fingerprint density at radius 1 is 1.38 bits per heavy atom. The van der Waals surface area contributed by atoms with Crippen molar-refractivity contribution in [3.05, 3.63) is 0 Å². The summed E-state index contributed by atoms with van der Waals surface area (Å²) in [6, 6.07) is 0.442. The zero-order valence-corrected chi connectivity index (χ0v) is 9.79. The lowest BCUT2D eigenvalue weighted by Gasteiger charge is -2.38. The summed E-state index contributed by atoms with van der Waals surface area (Å²) in [6.07, 6.45) is 4.06. The van der Waals surface area contributed by atoms with Crippen LogP contribution in [0.15, 0.2) is 0 Å². The highest BCUT2D eigenvalue weighted by molar-refractivity contribution is 8.00. The maximum absolute atomic E-state index is 5.63. The SMILES string of the molecule is CC(C)(C)C(NN)C1CCCCS1. The van der Waals surface area contributed by atoms with Gasteiger partial charge in [-0.05, 0) is 24.0 Å². The second-order valence-electron chi connectivity index (χ2n) is 4.92. The van der Waals surface area contributed by atoms with Crippen molar-refractivity contribution in [3.63, 3.8) is 0 Å². The molecule has 0 saturated carbocycles. The first-order valence-corrected chi connectivity index (χ1v) is 6.18. The molecule has 0 aromatic rings. The number of nitrogens with two attached hydrogens (primary N) is 1. The van der Waals surface area contributed by atoms with E-state index in [0.29, 0.717) is 11.3 Å². The van der Waals surface area contributed by atoms with E-state index in [2.05, 4.69) is 38.0 Å². The third-order valence-electron chi connectivity index (χ3n) is 2.70. The summed E-state index contributed by atoms with van der Waals surface area (Å²) in [5, 5.41) is 0.707. The van der Waals surface area contributed by atoms with Gasteiger partial charge in [-0.1, -0.05) is 27.2 Å². The highest BCUT2D eigenvalue weighted by Crippen LogP contribution is 2.34. The number of nitrogens with one attached hydrogen (secondary N) is 1. The molecule has 1 fully saturated rings. The third kappa shape index (κ3) is 3.15. The van der Waals surface area contributed by atoms with Crippen LogP contribution in [-0.4, -0.2) is 17.0 Å². The van der Waals surface area contributed by atoms with Crippen molar-refractivity contribution in [3.8, 4) is 0 Å². The summed E-state index contributed by atoms with van der Waals surface area (Å²) < 4.78 is 0. The molecule has 3 N–H and O–H groups in total. The second kappa shape index (κ2) is 4.67. The molecule has 0 aromatic carbocycles. The van der Waals surface area contributed by atoms with Gasteiger partial charge in [-0.25, -0.2) is 0 Å². The Labute approximate surface area is 86.0 Å². The Kier molecular flexibility index (Phi) is 4.07. The molecular weight excluding hydrogens is 180 g/mol. The van der Waals surface area contributed by atoms with Gasteiger partial charge in [0.25, 0.3) is 0 Å². The second-order valence-corrected chi connectivity index (χ2v) is 6.26. The quantitative estimate of drug-likeness (QED) is 0.532. The van der Waals surface area contributed by atoms with Crippen LogP contribution < -0.4 is 11.3 Å². The summed E-state index contributed by atoms with van der Waals surface area (Å²) in [6.45, 7) is 6.77. The van der Waals surface area contributed by atoms with Gasteiger partial charge in [0.05, 0.1) is 0 Å². The van der Waals surface area contributed by atoms with Crippen molar-refractivity contribution in [2.24, 2.45) is 11.3 Å². The molecule has 0 aliphatic carbocycles. The fourth-order valence-electron chi connectivity index (χ4n) is 1.94. The van der Waals surface area contributed by atoms with E-state index in [9.17, 15) is 0 Å². The average Bonchev–Trinajstić information content (AvgIpc) is 2.05. The van der Waals surface area contributed by atoms with Gasteiger partial charge in [-0.3, -0.25) is 11.3 Å². The van der Waals surface area contributed by atoms with Crippen LogP contribution in [0.1, 0.15) is 40.0 Å². The number of hydrogen-bond acceptors (Lipinski definition) is 3. The first kappa shape index (κ1) is 11.3. The summed E-state index contributed by atoms with van der Waals surface area (Å²) >= 11 is 2.08. The average molecular weight is 202 g/mol. The summed E-state index contributed by atoms with van der Waals surface area (Å²) in [5.74, 6) is 6.93. The molecule has 1 saturated heterocycles. The molecule has 2 atom stereocenters. The molecule has 1 aliphatic rings. The smallest absolute Gasteiger partial charge is 0.0377 e. The van der Waals surface area contributed by atoms with Gasteiger partial charge in [-0.15, -0.1) is 0 Å². The monoisotopic (exact) mass is 202 g/mol. The van der Waals surface area contributed by atoms with Crippen molar-refractivity contribution >= 4 is 11.8 Å². The van der Waals surface area contributed by atoms with Crippen molar-refractivity contribution in [1.82, 2.24) is 5.43 Å². The van der Waals surface area contributed by atoms with Gasteiger partial charge >= 0.3 is 0 Å². The van der Waals surface area contributed by atoms with Crippen LogP contribution in [0.25, 0.3) is 0 Å². The number of rotatable bonds is 2. The van der Waals surface area contributed by atoms with Gasteiger partial charge in [-0.2, -0.15) is 11.8 Å². The zero-order valence-electron chi connectivity index (χ0n) is 8.97. The standard InChI is InChI=1S/C10H22N2S/c1-10(2,3)9(12-11)8-6-4-5-7-13-8/h8-9,12H,4-7,11H2,1-3H3. The van der Waals surface area contributed by atoms with Crippen LogP contribution in [0.2, 0.25) is 0 Å². The van der Waals surface area contributed by atoms with Crippen LogP contribution in [0.4, 0.5) is 0 Å². The number of hydrazine groups is 1. The molecule has 1 aliphatic heterocycles. The van der Waals surface area contributed by atoms with Crippen LogP contribution >= 0.6 is 11.8 Å². The molecule has 3 heteroatoms. The van der Waals surface area contributed by atoms with E-state index in [1.807, 2.05) is 0 Å². The Morgan fingerprint density at radius 3 is 2.46 bits per heavy atom. The maximum Gasteiger partial charge on any atom is 0.0377 e. The van der Waals surface area contributed by atoms with Gasteiger partial charge in [0.15, 0.2) is 0 Å². The fourth-order valence-corrected chi connectivity index (χ4v) is 3.63. The Morgan fingerprint density at radius 2 is 2.08 bits per heavy atom. The minimum absolute atomic E-state index is 0.268. The first-order chi connectivity index (χ1) is 6.05. The largest absolute Gasteiger partial charge is 0.271 e. The maximum atomic E-state index is 5.63.